The van der Waals surface area contributed by atoms with Crippen LogP contribution in [0.15, 0.2) is 43.1 Å². The van der Waals surface area contributed by atoms with Gasteiger partial charge in [0, 0.05) is 43.0 Å². The normalized spacial score (nSPS) is 15.2. The van der Waals surface area contributed by atoms with Gasteiger partial charge in [-0.25, -0.2) is 14.5 Å². The van der Waals surface area contributed by atoms with Gasteiger partial charge < -0.3 is 24.6 Å². The molecule has 11 nitrogen and oxygen atoms in total. The van der Waals surface area contributed by atoms with Gasteiger partial charge in [0.05, 0.1) is 41.1 Å². The highest BCUT2D eigenvalue weighted by Gasteiger charge is 2.33. The Labute approximate surface area is 233 Å². The monoisotopic (exact) mass is 542 g/mol. The first kappa shape index (κ1) is 27.1. The predicted octanol–water partition coefficient (Wildman–Crippen LogP) is 3.25. The van der Waals surface area contributed by atoms with Gasteiger partial charge in [0.25, 0.3) is 5.91 Å². The molecule has 1 aliphatic rings. The van der Waals surface area contributed by atoms with E-state index in [-0.39, 0.29) is 18.1 Å². The van der Waals surface area contributed by atoms with Gasteiger partial charge in [0.2, 0.25) is 0 Å². The molecule has 0 aromatic carbocycles. The first-order chi connectivity index (χ1) is 19.0. The number of nitrogens with one attached hydrogen (secondary N) is 1. The Balaban J connectivity index is 1.32. The minimum atomic E-state index is -0.995. The van der Waals surface area contributed by atoms with Crippen LogP contribution in [-0.2, 0) is 7.05 Å². The molecule has 11 heteroatoms. The number of carbonyl (C=O) groups is 1. The minimum Gasteiger partial charge on any atom is -0.489 e. The fourth-order valence-corrected chi connectivity index (χ4v) is 5.03. The van der Waals surface area contributed by atoms with E-state index in [0.29, 0.717) is 22.5 Å². The van der Waals surface area contributed by atoms with E-state index < -0.39 is 5.60 Å². The average Bonchev–Trinajstić information content (AvgIpc) is 3.49. The zero-order chi connectivity index (χ0) is 28.7. The topological polar surface area (TPSA) is 134 Å². The van der Waals surface area contributed by atoms with Gasteiger partial charge in [-0.1, -0.05) is 0 Å². The maximum Gasteiger partial charge on any atom is 0.270 e. The van der Waals surface area contributed by atoms with Crippen molar-refractivity contribution in [3.63, 3.8) is 0 Å². The molecule has 208 valence electrons. The Morgan fingerprint density at radius 2 is 2.00 bits per heavy atom. The van der Waals surface area contributed by atoms with E-state index in [0.717, 1.165) is 48.6 Å². The number of aromatic nitrogens is 5. The third-order valence-corrected chi connectivity index (χ3v) is 7.30. The van der Waals surface area contributed by atoms with Crippen LogP contribution < -0.4 is 15.0 Å². The highest BCUT2D eigenvalue weighted by atomic mass is 16.5. The van der Waals surface area contributed by atoms with Crippen LogP contribution in [0.2, 0.25) is 0 Å². The number of nitrogens with zero attached hydrogens (tertiary/aromatic N) is 7. The second kappa shape index (κ2) is 10.3. The number of nitriles is 1. The lowest BCUT2D eigenvalue weighted by atomic mass is 9.89. The number of aliphatic hydroxyl groups is 1. The Morgan fingerprint density at radius 1 is 1.25 bits per heavy atom. The van der Waals surface area contributed by atoms with Crippen molar-refractivity contribution < 1.29 is 14.6 Å². The summed E-state index contributed by atoms with van der Waals surface area (Å²) in [5.74, 6) is 1.27. The maximum absolute atomic E-state index is 12.9. The molecule has 4 aromatic rings. The second-order valence-corrected chi connectivity index (χ2v) is 11.4. The van der Waals surface area contributed by atoms with E-state index in [9.17, 15) is 15.2 Å². The van der Waals surface area contributed by atoms with Crippen molar-refractivity contribution in [2.24, 2.45) is 7.05 Å². The lowest BCUT2D eigenvalue weighted by Crippen LogP contribution is -2.53. The Kier molecular flexibility index (Phi) is 6.98. The first-order valence-electron chi connectivity index (χ1n) is 13.2. The van der Waals surface area contributed by atoms with Gasteiger partial charge >= 0.3 is 0 Å². The molecule has 0 atom stereocenters. The van der Waals surface area contributed by atoms with Crippen LogP contribution in [0, 0.1) is 18.3 Å². The molecule has 40 heavy (non-hydrogen) atoms. The Morgan fingerprint density at radius 3 is 2.60 bits per heavy atom. The molecular weight excluding hydrogens is 508 g/mol. The molecule has 2 N–H and O–H groups in total. The summed E-state index contributed by atoms with van der Waals surface area (Å²) in [4.78, 5) is 24.1. The summed E-state index contributed by atoms with van der Waals surface area (Å²) in [7, 11) is 1.83. The molecule has 0 unspecified atom stereocenters. The summed E-state index contributed by atoms with van der Waals surface area (Å²) >= 11 is 0. The largest absolute Gasteiger partial charge is 0.489 e. The Bertz CT molecular complexity index is 1560. The number of hydrogen-bond donors (Lipinski definition) is 2. The predicted molar refractivity (Wildman–Crippen MR) is 150 cm³/mol. The number of hydrogen-bond acceptors (Lipinski definition) is 8. The molecule has 0 bridgehead atoms. The van der Waals surface area contributed by atoms with Crippen molar-refractivity contribution >= 4 is 17.2 Å². The summed E-state index contributed by atoms with van der Waals surface area (Å²) in [6.07, 6.45) is 8.23. The smallest absolute Gasteiger partial charge is 0.270 e. The lowest BCUT2D eigenvalue weighted by molar-refractivity contribution is 0.0283. The fraction of sp³-hybridized carbons (Fsp3) is 0.414. The number of pyridine rings is 2. The van der Waals surface area contributed by atoms with Crippen LogP contribution >= 0.6 is 0 Å². The zero-order valence-electron chi connectivity index (χ0n) is 23.5. The van der Waals surface area contributed by atoms with Crippen LogP contribution in [0.1, 0.15) is 55.4 Å². The summed E-state index contributed by atoms with van der Waals surface area (Å²) in [6, 6.07) is 8.00. The molecule has 0 aliphatic carbocycles. The van der Waals surface area contributed by atoms with Crippen LogP contribution in [-0.4, -0.2) is 66.0 Å². The number of anilines is 1. The van der Waals surface area contributed by atoms with Crippen molar-refractivity contribution in [3.8, 4) is 22.9 Å². The van der Waals surface area contributed by atoms with Gasteiger partial charge in [0.1, 0.15) is 29.9 Å². The SMILES string of the molecule is Cc1ncn(C)c1C(=O)NC1(C)CCN(c2ccc(-c3cc(OCC(C)(C)O)cn4ncc(C#N)c34)cn2)CC1. The molecule has 5 heterocycles. The summed E-state index contributed by atoms with van der Waals surface area (Å²) in [5, 5.41) is 27.3. The molecule has 0 spiro atoms. The van der Waals surface area contributed by atoms with Crippen LogP contribution in [0.3, 0.4) is 0 Å². The molecule has 5 rings (SSSR count). The molecule has 1 aliphatic heterocycles. The summed E-state index contributed by atoms with van der Waals surface area (Å²) < 4.78 is 9.20. The summed E-state index contributed by atoms with van der Waals surface area (Å²) in [6.45, 7) is 8.88. The van der Waals surface area contributed by atoms with Crippen LogP contribution in [0.25, 0.3) is 16.6 Å². The van der Waals surface area contributed by atoms with E-state index in [1.807, 2.05) is 32.2 Å². The lowest BCUT2D eigenvalue weighted by Gasteiger charge is -2.40. The first-order valence-corrected chi connectivity index (χ1v) is 13.2. The molecule has 0 radical (unpaired) electrons. The highest BCUT2D eigenvalue weighted by Crippen LogP contribution is 2.32. The van der Waals surface area contributed by atoms with Gasteiger partial charge in [-0.3, -0.25) is 4.79 Å². The third-order valence-electron chi connectivity index (χ3n) is 7.30. The number of fused-ring (bicyclic) bond motifs is 1. The number of rotatable bonds is 7. The van der Waals surface area contributed by atoms with Crippen molar-refractivity contribution in [2.45, 2.75) is 51.7 Å². The minimum absolute atomic E-state index is 0.104. The molecule has 1 saturated heterocycles. The van der Waals surface area contributed by atoms with Crippen molar-refractivity contribution in [2.75, 3.05) is 24.6 Å². The molecule has 1 amide bonds. The fourth-order valence-electron chi connectivity index (χ4n) is 5.03. The standard InChI is InChI=1S/C29H34N8O3/c1-19-25(35(5)18-32-19)27(38)34-29(4)8-10-36(11-9-29)24-7-6-20(14-31-24)23-12-22(40-17-28(2,3)39)16-37-26(23)21(13-30)15-33-37/h6-7,12,14-16,18,39H,8-11,17H2,1-5H3,(H,34,38). The van der Waals surface area contributed by atoms with E-state index in [1.165, 1.54) is 6.20 Å². The zero-order valence-corrected chi connectivity index (χ0v) is 23.5. The number of amides is 1. The Hall–Kier alpha value is -4.43. The van der Waals surface area contributed by atoms with Crippen molar-refractivity contribution in [1.29, 1.82) is 5.26 Å². The quantitative estimate of drug-likeness (QED) is 0.364. The van der Waals surface area contributed by atoms with E-state index in [2.05, 4.69) is 33.3 Å². The molecular formula is C29H34N8O3. The summed E-state index contributed by atoms with van der Waals surface area (Å²) in [5.41, 5.74) is 2.69. The van der Waals surface area contributed by atoms with Crippen LogP contribution in [0.5, 0.6) is 5.75 Å². The molecule has 4 aromatic heterocycles. The van der Waals surface area contributed by atoms with Crippen molar-refractivity contribution in [3.05, 3.63) is 60.1 Å². The molecule has 0 saturated carbocycles. The van der Waals surface area contributed by atoms with Gasteiger partial charge in [-0.2, -0.15) is 10.4 Å². The van der Waals surface area contributed by atoms with E-state index in [4.69, 9.17) is 9.72 Å². The number of aryl methyl sites for hydroxylation is 2. The average molecular weight is 543 g/mol. The number of carbonyl (C=O) groups excluding carboxylic acids is 1. The van der Waals surface area contributed by atoms with Crippen molar-refractivity contribution in [1.82, 2.24) is 29.5 Å². The highest BCUT2D eigenvalue weighted by molar-refractivity contribution is 5.94. The van der Waals surface area contributed by atoms with Gasteiger partial charge in [0.15, 0.2) is 0 Å². The number of imidazole rings is 1. The van der Waals surface area contributed by atoms with Gasteiger partial charge in [-0.15, -0.1) is 0 Å². The van der Waals surface area contributed by atoms with Gasteiger partial charge in [-0.05, 0) is 58.7 Å². The maximum atomic E-state index is 12.9. The van der Waals surface area contributed by atoms with E-state index >= 15 is 0 Å². The third kappa shape index (κ3) is 5.49. The van der Waals surface area contributed by atoms with Crippen LogP contribution in [0.4, 0.5) is 5.82 Å². The molecule has 1 fully saturated rings. The second-order valence-electron chi connectivity index (χ2n) is 11.4. The van der Waals surface area contributed by atoms with E-state index in [1.54, 1.807) is 41.7 Å². The number of piperidine rings is 1. The number of ether oxygens (including phenoxy) is 1.